The average molecular weight is 291 g/mol. The van der Waals surface area contributed by atoms with Crippen LogP contribution in [0.3, 0.4) is 0 Å². The van der Waals surface area contributed by atoms with Crippen molar-refractivity contribution in [1.82, 2.24) is 10.3 Å². The second kappa shape index (κ2) is 5.87. The number of morpholine rings is 1. The third-order valence-corrected chi connectivity index (χ3v) is 4.15. The van der Waals surface area contributed by atoms with Crippen LogP contribution in [0.15, 0.2) is 18.2 Å². The van der Waals surface area contributed by atoms with Crippen molar-refractivity contribution in [2.24, 2.45) is 0 Å². The van der Waals surface area contributed by atoms with Gasteiger partial charge in [-0.25, -0.2) is 4.98 Å². The number of hydrogen-bond donors (Lipinski definition) is 2. The fourth-order valence-electron chi connectivity index (χ4n) is 2.23. The number of carbonyl (C=O) groups is 1. The molecule has 0 spiro atoms. The summed E-state index contributed by atoms with van der Waals surface area (Å²) in [4.78, 5) is 16.4. The van der Waals surface area contributed by atoms with Gasteiger partial charge in [0.05, 0.1) is 23.4 Å². The molecule has 1 unspecified atom stereocenters. The van der Waals surface area contributed by atoms with Crippen molar-refractivity contribution < 1.29 is 9.53 Å². The van der Waals surface area contributed by atoms with Gasteiger partial charge < -0.3 is 15.4 Å². The molecule has 0 radical (unpaired) electrons. The minimum absolute atomic E-state index is 0.0243. The molecule has 6 heteroatoms. The van der Waals surface area contributed by atoms with Gasteiger partial charge in [-0.3, -0.25) is 4.79 Å². The maximum atomic E-state index is 12.0. The lowest BCUT2D eigenvalue weighted by Gasteiger charge is -2.22. The molecule has 2 heterocycles. The number of carbonyl (C=O) groups excluding carboxylic acids is 1. The van der Waals surface area contributed by atoms with Crippen LogP contribution in [0.4, 0.5) is 5.13 Å². The van der Waals surface area contributed by atoms with Crippen LogP contribution in [0.5, 0.6) is 0 Å². The number of rotatable bonds is 3. The van der Waals surface area contributed by atoms with Gasteiger partial charge >= 0.3 is 0 Å². The second-order valence-electron chi connectivity index (χ2n) is 4.97. The Morgan fingerprint density at radius 3 is 3.30 bits per heavy atom. The molecule has 1 saturated heterocycles. The first-order chi connectivity index (χ1) is 9.70. The van der Waals surface area contributed by atoms with Crippen LogP contribution < -0.4 is 10.6 Å². The molecule has 0 aliphatic carbocycles. The highest BCUT2D eigenvalue weighted by molar-refractivity contribution is 7.22. The SMILES string of the molecule is Cc1ccc2nc(NC(=O)CC3COCCN3)sc2c1. The van der Waals surface area contributed by atoms with Gasteiger partial charge in [-0.2, -0.15) is 0 Å². The Bertz CT molecular complexity index is 620. The number of fused-ring (bicyclic) bond motifs is 1. The minimum Gasteiger partial charge on any atom is -0.378 e. The molecular weight excluding hydrogens is 274 g/mol. The van der Waals surface area contributed by atoms with E-state index in [1.807, 2.05) is 19.1 Å². The lowest BCUT2D eigenvalue weighted by atomic mass is 10.2. The van der Waals surface area contributed by atoms with E-state index in [0.29, 0.717) is 18.2 Å². The third kappa shape index (κ3) is 3.15. The molecule has 1 amide bonds. The zero-order valence-corrected chi connectivity index (χ0v) is 12.1. The molecule has 2 N–H and O–H groups in total. The highest BCUT2D eigenvalue weighted by atomic mass is 32.1. The number of nitrogens with zero attached hydrogens (tertiary/aromatic N) is 1. The molecule has 20 heavy (non-hydrogen) atoms. The minimum atomic E-state index is -0.0243. The smallest absolute Gasteiger partial charge is 0.227 e. The molecule has 106 valence electrons. The Morgan fingerprint density at radius 1 is 1.60 bits per heavy atom. The van der Waals surface area contributed by atoms with Crippen LogP contribution in [-0.4, -0.2) is 36.7 Å². The van der Waals surface area contributed by atoms with Crippen LogP contribution in [0.25, 0.3) is 10.2 Å². The molecule has 1 aromatic carbocycles. The monoisotopic (exact) mass is 291 g/mol. The molecule has 3 rings (SSSR count). The van der Waals surface area contributed by atoms with Gasteiger partial charge in [0.1, 0.15) is 0 Å². The quantitative estimate of drug-likeness (QED) is 0.907. The van der Waals surface area contributed by atoms with Gasteiger partial charge in [0.15, 0.2) is 5.13 Å². The van der Waals surface area contributed by atoms with Crippen LogP contribution in [0, 0.1) is 6.92 Å². The van der Waals surface area contributed by atoms with E-state index in [4.69, 9.17) is 4.74 Å². The molecule has 1 aliphatic rings. The number of thiazole rings is 1. The zero-order chi connectivity index (χ0) is 13.9. The molecule has 1 aliphatic heterocycles. The van der Waals surface area contributed by atoms with Crippen molar-refractivity contribution in [1.29, 1.82) is 0 Å². The number of ether oxygens (including phenoxy) is 1. The van der Waals surface area contributed by atoms with Crippen molar-refractivity contribution in [2.45, 2.75) is 19.4 Å². The Morgan fingerprint density at radius 2 is 2.50 bits per heavy atom. The first-order valence-corrected chi connectivity index (χ1v) is 7.50. The van der Waals surface area contributed by atoms with Gasteiger partial charge in [0, 0.05) is 19.0 Å². The van der Waals surface area contributed by atoms with E-state index in [2.05, 4.69) is 21.7 Å². The Hall–Kier alpha value is -1.50. The molecular formula is C14H17N3O2S. The fourth-order valence-corrected chi connectivity index (χ4v) is 3.21. The highest BCUT2D eigenvalue weighted by Crippen LogP contribution is 2.26. The number of aromatic nitrogens is 1. The van der Waals surface area contributed by atoms with E-state index in [9.17, 15) is 4.79 Å². The molecule has 1 fully saturated rings. The zero-order valence-electron chi connectivity index (χ0n) is 11.3. The molecule has 0 saturated carbocycles. The van der Waals surface area contributed by atoms with Crippen LogP contribution in [0.2, 0.25) is 0 Å². The van der Waals surface area contributed by atoms with Crippen molar-refractivity contribution in [3.8, 4) is 0 Å². The first-order valence-electron chi connectivity index (χ1n) is 6.69. The second-order valence-corrected chi connectivity index (χ2v) is 6.00. The van der Waals surface area contributed by atoms with Gasteiger partial charge in [0.2, 0.25) is 5.91 Å². The third-order valence-electron chi connectivity index (χ3n) is 3.22. The summed E-state index contributed by atoms with van der Waals surface area (Å²) < 4.78 is 6.44. The number of anilines is 1. The predicted molar refractivity (Wildman–Crippen MR) is 80.2 cm³/mol. The first kappa shape index (κ1) is 13.5. The summed E-state index contributed by atoms with van der Waals surface area (Å²) in [7, 11) is 0. The van der Waals surface area contributed by atoms with E-state index >= 15 is 0 Å². The summed E-state index contributed by atoms with van der Waals surface area (Å²) in [5.41, 5.74) is 2.12. The van der Waals surface area contributed by atoms with E-state index in [-0.39, 0.29) is 11.9 Å². The van der Waals surface area contributed by atoms with Crippen LogP contribution in [0.1, 0.15) is 12.0 Å². The fraction of sp³-hybridized carbons (Fsp3) is 0.429. The normalized spacial score (nSPS) is 19.1. The topological polar surface area (TPSA) is 63.2 Å². The number of aryl methyl sites for hydroxylation is 1. The maximum Gasteiger partial charge on any atom is 0.227 e. The van der Waals surface area contributed by atoms with E-state index in [1.165, 1.54) is 16.9 Å². The summed E-state index contributed by atoms with van der Waals surface area (Å²) in [6, 6.07) is 6.18. The Balaban J connectivity index is 1.64. The summed E-state index contributed by atoms with van der Waals surface area (Å²) >= 11 is 1.51. The maximum absolute atomic E-state index is 12.0. The van der Waals surface area contributed by atoms with E-state index in [1.54, 1.807) is 0 Å². The van der Waals surface area contributed by atoms with Crippen LogP contribution >= 0.6 is 11.3 Å². The van der Waals surface area contributed by atoms with Gasteiger partial charge in [-0.05, 0) is 24.6 Å². The predicted octanol–water partition coefficient (Wildman–Crippen LogP) is 1.92. The van der Waals surface area contributed by atoms with Crippen molar-refractivity contribution in [3.63, 3.8) is 0 Å². The summed E-state index contributed by atoms with van der Waals surface area (Å²) in [5, 5.41) is 6.80. The van der Waals surface area contributed by atoms with Gasteiger partial charge in [0.25, 0.3) is 0 Å². The summed E-state index contributed by atoms with van der Waals surface area (Å²) in [5.74, 6) is -0.0243. The molecule has 1 atom stereocenters. The molecule has 2 aromatic rings. The highest BCUT2D eigenvalue weighted by Gasteiger charge is 2.17. The van der Waals surface area contributed by atoms with Gasteiger partial charge in [-0.15, -0.1) is 0 Å². The number of nitrogens with one attached hydrogen (secondary N) is 2. The largest absolute Gasteiger partial charge is 0.378 e. The van der Waals surface area contributed by atoms with Crippen molar-refractivity contribution in [2.75, 3.05) is 25.1 Å². The standard InChI is InChI=1S/C14H17N3O2S/c1-9-2-3-11-12(6-9)20-14(16-11)17-13(18)7-10-8-19-5-4-15-10/h2-3,6,10,15H,4-5,7-8H2,1H3,(H,16,17,18). The molecule has 0 bridgehead atoms. The molecule has 5 nitrogen and oxygen atoms in total. The number of amides is 1. The van der Waals surface area contributed by atoms with E-state index < -0.39 is 0 Å². The lowest BCUT2D eigenvalue weighted by Crippen LogP contribution is -2.43. The Labute approximate surface area is 121 Å². The number of hydrogen-bond acceptors (Lipinski definition) is 5. The summed E-state index contributed by atoms with van der Waals surface area (Å²) in [6.45, 7) is 4.16. The average Bonchev–Trinajstić information content (AvgIpc) is 2.80. The molecule has 1 aromatic heterocycles. The van der Waals surface area contributed by atoms with E-state index in [0.717, 1.165) is 23.4 Å². The van der Waals surface area contributed by atoms with Crippen molar-refractivity contribution >= 4 is 32.6 Å². The number of benzene rings is 1. The summed E-state index contributed by atoms with van der Waals surface area (Å²) in [6.07, 6.45) is 0.412. The van der Waals surface area contributed by atoms with Crippen molar-refractivity contribution in [3.05, 3.63) is 23.8 Å². The lowest BCUT2D eigenvalue weighted by molar-refractivity contribution is -0.117. The Kier molecular flexibility index (Phi) is 3.95. The van der Waals surface area contributed by atoms with Gasteiger partial charge in [-0.1, -0.05) is 17.4 Å². The van der Waals surface area contributed by atoms with Crippen LogP contribution in [-0.2, 0) is 9.53 Å².